The van der Waals surface area contributed by atoms with Gasteiger partial charge in [-0.1, -0.05) is 43.6 Å². The average molecular weight is 208 g/mol. The van der Waals surface area contributed by atoms with Crippen molar-refractivity contribution in [2.45, 2.75) is 69.9 Å². The van der Waals surface area contributed by atoms with Crippen LogP contribution in [-0.2, 0) is 9.53 Å². The van der Waals surface area contributed by atoms with E-state index in [0.717, 1.165) is 6.42 Å². The monoisotopic (exact) mass is 208 g/mol. The van der Waals surface area contributed by atoms with E-state index in [0.29, 0.717) is 5.92 Å². The van der Waals surface area contributed by atoms with Crippen LogP contribution in [0.3, 0.4) is 0 Å². The van der Waals surface area contributed by atoms with Crippen LogP contribution >= 0.6 is 0 Å². The Balaban J connectivity index is -0.0000000675. The Labute approximate surface area is 92.1 Å². The molecule has 2 nitrogen and oxygen atoms in total. The molecule has 0 aromatic rings. The second-order valence-corrected chi connectivity index (χ2v) is 3.05. The number of carbonyl (C=O) groups is 1. The zero-order valence-corrected chi connectivity index (χ0v) is 7.18. The molecule has 0 aliphatic carbocycles. The summed E-state index contributed by atoms with van der Waals surface area (Å²) in [7, 11) is 0. The molecule has 92 valence electrons. The van der Waals surface area contributed by atoms with E-state index in [-0.39, 0.29) is 41.8 Å². The van der Waals surface area contributed by atoms with E-state index in [9.17, 15) is 4.79 Å². The first kappa shape index (κ1) is 29.2. The fraction of sp³-hybridized carbons (Fsp3) is 0.917. The fourth-order valence-electron chi connectivity index (χ4n) is 0.995. The zero-order valence-electron chi connectivity index (χ0n) is 7.18. The van der Waals surface area contributed by atoms with Gasteiger partial charge < -0.3 is 4.74 Å². The van der Waals surface area contributed by atoms with Crippen molar-refractivity contribution in [3.8, 4) is 0 Å². The maximum Gasteiger partial charge on any atom is 0.302 e. The first-order valence-electron chi connectivity index (χ1n) is 3.69. The van der Waals surface area contributed by atoms with Gasteiger partial charge in [0.1, 0.15) is 0 Å². The van der Waals surface area contributed by atoms with E-state index in [1.54, 1.807) is 0 Å². The van der Waals surface area contributed by atoms with Gasteiger partial charge in [0.15, 0.2) is 0 Å². The zero-order chi connectivity index (χ0) is 8.15. The van der Waals surface area contributed by atoms with Crippen molar-refractivity contribution >= 4 is 5.97 Å². The lowest BCUT2D eigenvalue weighted by molar-refractivity contribution is -0.146. The van der Waals surface area contributed by atoms with Crippen LogP contribution in [0.15, 0.2) is 0 Å². The van der Waals surface area contributed by atoms with Crippen LogP contribution in [0.1, 0.15) is 63.8 Å². The molecule has 0 aromatic carbocycles. The summed E-state index contributed by atoms with van der Waals surface area (Å²) < 4.78 is 4.92. The quantitative estimate of drug-likeness (QED) is 0.637. The van der Waals surface area contributed by atoms with Crippen LogP contribution in [0.25, 0.3) is 0 Å². The Morgan fingerprint density at radius 2 is 1.43 bits per heavy atom. The molecule has 0 N–H and O–H groups in total. The molecule has 0 aromatic heterocycles. The summed E-state index contributed by atoms with van der Waals surface area (Å²) in [6, 6.07) is 0. The number of rotatable bonds is 3. The van der Waals surface area contributed by atoms with Gasteiger partial charge in [-0.05, 0) is 19.3 Å². The smallest absolute Gasteiger partial charge is 0.302 e. The largest absolute Gasteiger partial charge is 0.463 e. The minimum absolute atomic E-state index is 0. The molecule has 2 heteroatoms. The topological polar surface area (TPSA) is 26.3 Å². The maximum atomic E-state index is 10.4. The highest BCUT2D eigenvalue weighted by molar-refractivity contribution is 5.66. The van der Waals surface area contributed by atoms with Crippen LogP contribution in [0.5, 0.6) is 0 Å². The first-order valence-corrected chi connectivity index (χ1v) is 3.69. The number of hydrogen-bond donors (Lipinski definition) is 0. The van der Waals surface area contributed by atoms with E-state index in [1.807, 2.05) is 6.92 Å². The molecule has 0 saturated heterocycles. The Bertz CT molecular complexity index is 109. The van der Waals surface area contributed by atoms with Crippen molar-refractivity contribution in [1.82, 2.24) is 0 Å². The van der Waals surface area contributed by atoms with Gasteiger partial charge in [-0.3, -0.25) is 4.79 Å². The molecule has 0 saturated carbocycles. The van der Waals surface area contributed by atoms with E-state index < -0.39 is 0 Å². The highest BCUT2D eigenvalue weighted by atomic mass is 16.5. The van der Waals surface area contributed by atoms with Crippen LogP contribution in [-0.4, -0.2) is 12.1 Å². The number of ether oxygens (including phenoxy) is 1. The molecule has 0 spiro atoms. The molecule has 14 heavy (non-hydrogen) atoms. The van der Waals surface area contributed by atoms with Crippen molar-refractivity contribution in [3.63, 3.8) is 0 Å². The lowest BCUT2D eigenvalue weighted by Crippen LogP contribution is -2.14. The van der Waals surface area contributed by atoms with Gasteiger partial charge in [0.05, 0.1) is 6.10 Å². The first-order chi connectivity index (χ1) is 4.52. The molecule has 0 amide bonds. The highest BCUT2D eigenvalue weighted by Gasteiger charge is 2.06. The number of carbonyl (C=O) groups excluding carboxylic acids is 1. The van der Waals surface area contributed by atoms with Crippen LogP contribution in [0, 0.1) is 5.92 Å². The summed E-state index contributed by atoms with van der Waals surface area (Å²) in [5.41, 5.74) is 0. The summed E-state index contributed by atoms with van der Waals surface area (Å²) >= 11 is 0. The highest BCUT2D eigenvalue weighted by Crippen LogP contribution is 2.06. The van der Waals surface area contributed by atoms with Crippen molar-refractivity contribution < 1.29 is 9.53 Å². The lowest BCUT2D eigenvalue weighted by atomic mass is 10.1. The third-order valence-electron chi connectivity index (χ3n) is 1.17. The Hall–Kier alpha value is -0.530. The third-order valence-corrected chi connectivity index (χ3v) is 1.17. The van der Waals surface area contributed by atoms with Crippen molar-refractivity contribution in [3.05, 3.63) is 0 Å². The molecule has 0 rings (SSSR count). The van der Waals surface area contributed by atoms with Crippen LogP contribution in [0.4, 0.5) is 0 Å². The van der Waals surface area contributed by atoms with Gasteiger partial charge in [-0.25, -0.2) is 0 Å². The molecule has 0 fully saturated rings. The van der Waals surface area contributed by atoms with Crippen molar-refractivity contribution in [2.24, 2.45) is 5.92 Å². The Kier molecular flexibility index (Phi) is 31.2. The summed E-state index contributed by atoms with van der Waals surface area (Å²) in [4.78, 5) is 10.4. The fourth-order valence-corrected chi connectivity index (χ4v) is 0.995. The van der Waals surface area contributed by atoms with Crippen molar-refractivity contribution in [1.29, 1.82) is 0 Å². The van der Waals surface area contributed by atoms with Crippen molar-refractivity contribution in [2.75, 3.05) is 0 Å². The van der Waals surface area contributed by atoms with E-state index in [2.05, 4.69) is 13.8 Å². The van der Waals surface area contributed by atoms with E-state index in [4.69, 9.17) is 4.74 Å². The lowest BCUT2D eigenvalue weighted by Gasteiger charge is -2.13. The predicted octanol–water partition coefficient (Wildman–Crippen LogP) is 4.53. The third kappa shape index (κ3) is 22.5. The minimum atomic E-state index is -0.187. The van der Waals surface area contributed by atoms with Gasteiger partial charge in [-0.15, -0.1) is 0 Å². The molecule has 1 unspecified atom stereocenters. The van der Waals surface area contributed by atoms with Crippen LogP contribution < -0.4 is 0 Å². The summed E-state index contributed by atoms with van der Waals surface area (Å²) in [5, 5.41) is 0. The standard InChI is InChI=1S/C8H16O2.4CH4/c1-6(2)5-7(3)10-8(4)9;;;;/h6-7H,5H2,1-4H3;4*1H4. The van der Waals surface area contributed by atoms with E-state index in [1.165, 1.54) is 6.92 Å². The molecule has 0 radical (unpaired) electrons. The normalized spacial score (nSPS) is 9.50. The minimum Gasteiger partial charge on any atom is -0.463 e. The maximum absolute atomic E-state index is 10.4. The molecular weight excluding hydrogens is 176 g/mol. The predicted molar refractivity (Wildman–Crippen MR) is 67.6 cm³/mol. The Morgan fingerprint density at radius 3 is 1.64 bits per heavy atom. The van der Waals surface area contributed by atoms with Gasteiger partial charge in [-0.2, -0.15) is 0 Å². The summed E-state index contributed by atoms with van der Waals surface area (Å²) in [6.45, 7) is 7.58. The summed E-state index contributed by atoms with van der Waals surface area (Å²) in [5.74, 6) is 0.405. The second-order valence-electron chi connectivity index (χ2n) is 3.05. The molecule has 1 atom stereocenters. The van der Waals surface area contributed by atoms with Crippen LogP contribution in [0.2, 0.25) is 0 Å². The van der Waals surface area contributed by atoms with Gasteiger partial charge in [0.2, 0.25) is 0 Å². The number of hydrogen-bond acceptors (Lipinski definition) is 2. The average Bonchev–Trinajstić information content (AvgIpc) is 1.58. The van der Waals surface area contributed by atoms with Gasteiger partial charge in [0, 0.05) is 6.92 Å². The molecule has 0 bridgehead atoms. The molecule has 0 aliphatic heterocycles. The molecule has 0 aliphatic rings. The second kappa shape index (κ2) is 15.0. The SMILES string of the molecule is C.C.C.C.CC(=O)OC(C)CC(C)C. The number of esters is 1. The molecular formula is C12H32O2. The van der Waals surface area contributed by atoms with Gasteiger partial charge >= 0.3 is 5.97 Å². The van der Waals surface area contributed by atoms with Gasteiger partial charge in [0.25, 0.3) is 0 Å². The molecule has 0 heterocycles. The Morgan fingerprint density at radius 1 is 1.07 bits per heavy atom. The van der Waals surface area contributed by atoms with E-state index >= 15 is 0 Å². The summed E-state index contributed by atoms with van der Waals surface area (Å²) in [6.07, 6.45) is 1.01.